The Labute approximate surface area is 169 Å². The van der Waals surface area contributed by atoms with Gasteiger partial charge in [0.15, 0.2) is 6.04 Å². The van der Waals surface area contributed by atoms with E-state index < -0.39 is 0 Å². The number of imide groups is 1. The summed E-state index contributed by atoms with van der Waals surface area (Å²) < 4.78 is 5.34. The van der Waals surface area contributed by atoms with E-state index in [0.717, 1.165) is 41.8 Å². The summed E-state index contributed by atoms with van der Waals surface area (Å²) in [6.45, 7) is 3.17. The number of hydrogen-bond donors (Lipinski definition) is 1. The van der Waals surface area contributed by atoms with Gasteiger partial charge < -0.3 is 14.5 Å². The van der Waals surface area contributed by atoms with Crippen molar-refractivity contribution in [2.75, 3.05) is 43.1 Å². The van der Waals surface area contributed by atoms with Gasteiger partial charge in [-0.1, -0.05) is 35.9 Å². The molecule has 6 nitrogen and oxygen atoms in total. The molecule has 0 unspecified atom stereocenters. The summed E-state index contributed by atoms with van der Waals surface area (Å²) in [6, 6.07) is 14.6. The first-order chi connectivity index (χ1) is 13.6. The number of benzene rings is 2. The first-order valence-corrected chi connectivity index (χ1v) is 9.82. The highest BCUT2D eigenvalue weighted by Gasteiger charge is 2.47. The van der Waals surface area contributed by atoms with Gasteiger partial charge in [-0.3, -0.25) is 9.59 Å². The van der Waals surface area contributed by atoms with Crippen molar-refractivity contribution in [2.45, 2.75) is 12.5 Å². The van der Waals surface area contributed by atoms with Crippen LogP contribution in [0.4, 0.5) is 11.4 Å². The van der Waals surface area contributed by atoms with Crippen molar-refractivity contribution in [1.82, 2.24) is 0 Å². The van der Waals surface area contributed by atoms with Crippen molar-refractivity contribution in [3.05, 3.63) is 53.6 Å². The van der Waals surface area contributed by atoms with Gasteiger partial charge in [0.1, 0.15) is 5.75 Å². The van der Waals surface area contributed by atoms with Crippen LogP contribution in [-0.4, -0.2) is 51.1 Å². The Balaban J connectivity index is 1.47. The zero-order chi connectivity index (χ0) is 19.7. The molecule has 2 aliphatic rings. The summed E-state index contributed by atoms with van der Waals surface area (Å²) >= 11 is 6.31. The number of amides is 2. The van der Waals surface area contributed by atoms with Crippen LogP contribution in [0.3, 0.4) is 0 Å². The molecule has 2 aromatic rings. The first-order valence-electron chi connectivity index (χ1n) is 9.44. The number of piperazine rings is 1. The number of halogens is 1. The Bertz CT molecular complexity index is 896. The fourth-order valence-electron chi connectivity index (χ4n) is 4.11. The lowest BCUT2D eigenvalue weighted by Gasteiger charge is -2.36. The number of rotatable bonds is 4. The molecule has 0 saturated carbocycles. The number of ether oxygens (including phenoxy) is 1. The number of carbonyl (C=O) groups is 2. The number of quaternary nitrogens is 1. The SMILES string of the molecule is COc1ccccc1N1C(=O)C[C@@H]([NH+]2CCN(c3ccccc3Cl)CC2)C1=O. The maximum atomic E-state index is 13.1. The predicted octanol–water partition coefficient (Wildman–Crippen LogP) is 1.39. The third-order valence-electron chi connectivity index (χ3n) is 5.56. The minimum Gasteiger partial charge on any atom is -0.495 e. The molecule has 28 heavy (non-hydrogen) atoms. The largest absolute Gasteiger partial charge is 0.495 e. The summed E-state index contributed by atoms with van der Waals surface area (Å²) in [6.07, 6.45) is 0.234. The first kappa shape index (κ1) is 18.8. The number of nitrogens with one attached hydrogen (secondary N) is 1. The van der Waals surface area contributed by atoms with Crippen LogP contribution >= 0.6 is 11.6 Å². The molecule has 2 heterocycles. The molecule has 0 aromatic heterocycles. The van der Waals surface area contributed by atoms with Gasteiger partial charge in [-0.15, -0.1) is 0 Å². The highest BCUT2D eigenvalue weighted by Crippen LogP contribution is 2.31. The summed E-state index contributed by atoms with van der Waals surface area (Å²) in [5, 5.41) is 0.736. The van der Waals surface area contributed by atoms with Crippen LogP contribution in [-0.2, 0) is 9.59 Å². The number of hydrogen-bond acceptors (Lipinski definition) is 4. The zero-order valence-electron chi connectivity index (χ0n) is 15.7. The molecular weight excluding hydrogens is 378 g/mol. The average Bonchev–Trinajstić information content (AvgIpc) is 3.02. The number of para-hydroxylation sites is 3. The molecule has 0 aliphatic carbocycles. The third-order valence-corrected chi connectivity index (χ3v) is 5.88. The fraction of sp³-hybridized carbons (Fsp3) is 0.333. The number of methoxy groups -OCH3 is 1. The van der Waals surface area contributed by atoms with E-state index in [1.807, 2.05) is 30.3 Å². The van der Waals surface area contributed by atoms with E-state index in [9.17, 15) is 9.59 Å². The quantitative estimate of drug-likeness (QED) is 0.788. The molecular formula is C21H23ClN3O3+. The molecule has 1 N–H and O–H groups in total. The van der Waals surface area contributed by atoms with Crippen molar-refractivity contribution in [3.63, 3.8) is 0 Å². The minimum absolute atomic E-state index is 0.143. The zero-order valence-corrected chi connectivity index (χ0v) is 16.5. The van der Waals surface area contributed by atoms with Gasteiger partial charge >= 0.3 is 0 Å². The second kappa shape index (κ2) is 7.81. The van der Waals surface area contributed by atoms with Crippen LogP contribution in [0, 0.1) is 0 Å². The molecule has 7 heteroatoms. The van der Waals surface area contributed by atoms with Gasteiger partial charge in [0.25, 0.3) is 5.91 Å². The molecule has 146 valence electrons. The van der Waals surface area contributed by atoms with E-state index in [4.69, 9.17) is 16.3 Å². The van der Waals surface area contributed by atoms with Crippen LogP contribution in [0.2, 0.25) is 5.02 Å². The molecule has 1 atom stereocenters. The minimum atomic E-state index is -0.342. The van der Waals surface area contributed by atoms with Gasteiger partial charge in [0, 0.05) is 0 Å². The van der Waals surface area contributed by atoms with Crippen molar-refractivity contribution >= 4 is 34.8 Å². The second-order valence-corrected chi connectivity index (χ2v) is 7.50. The predicted molar refractivity (Wildman–Crippen MR) is 108 cm³/mol. The lowest BCUT2D eigenvalue weighted by molar-refractivity contribution is -0.915. The van der Waals surface area contributed by atoms with Gasteiger partial charge in [0.2, 0.25) is 5.91 Å². The third kappa shape index (κ3) is 3.34. The van der Waals surface area contributed by atoms with Gasteiger partial charge in [-0.25, -0.2) is 4.90 Å². The smallest absolute Gasteiger partial charge is 0.292 e. The molecule has 4 rings (SSSR count). The Morgan fingerprint density at radius 1 is 1.00 bits per heavy atom. The maximum Gasteiger partial charge on any atom is 0.292 e. The highest BCUT2D eigenvalue weighted by atomic mass is 35.5. The fourth-order valence-corrected chi connectivity index (χ4v) is 4.37. The van der Waals surface area contributed by atoms with Crippen LogP contribution in [0.5, 0.6) is 5.75 Å². The second-order valence-electron chi connectivity index (χ2n) is 7.09. The molecule has 2 aliphatic heterocycles. The standard InChI is InChI=1S/C21H22ClN3O3/c1-28-19-9-5-4-8-17(19)25-20(26)14-18(21(25)27)24-12-10-23(11-13-24)16-7-3-2-6-15(16)22/h2-9,18H,10-14H2,1H3/p+1/t18-/m1/s1. The van der Waals surface area contributed by atoms with E-state index in [-0.39, 0.29) is 24.3 Å². The van der Waals surface area contributed by atoms with Crippen LogP contribution in [0.15, 0.2) is 48.5 Å². The molecule has 0 radical (unpaired) electrons. The molecule has 2 fully saturated rings. The van der Waals surface area contributed by atoms with Gasteiger partial charge in [0.05, 0.1) is 56.1 Å². The summed E-state index contributed by atoms with van der Waals surface area (Å²) in [4.78, 5) is 30.4. The summed E-state index contributed by atoms with van der Waals surface area (Å²) in [5.74, 6) is 0.222. The molecule has 0 bridgehead atoms. The molecule has 0 spiro atoms. The Kier molecular flexibility index (Phi) is 5.24. The normalized spacial score (nSPS) is 20.7. The lowest BCUT2D eigenvalue weighted by atomic mass is 10.1. The molecule has 2 aromatic carbocycles. The van der Waals surface area contributed by atoms with Crippen molar-refractivity contribution < 1.29 is 19.2 Å². The van der Waals surface area contributed by atoms with Crippen LogP contribution in [0.1, 0.15) is 6.42 Å². The Morgan fingerprint density at radius 3 is 2.32 bits per heavy atom. The van der Waals surface area contributed by atoms with Gasteiger partial charge in [-0.2, -0.15) is 0 Å². The van der Waals surface area contributed by atoms with E-state index in [2.05, 4.69) is 4.90 Å². The topological polar surface area (TPSA) is 54.3 Å². The number of anilines is 2. The molecule has 2 saturated heterocycles. The van der Waals surface area contributed by atoms with E-state index >= 15 is 0 Å². The maximum absolute atomic E-state index is 13.1. The number of carbonyl (C=O) groups excluding carboxylic acids is 2. The Morgan fingerprint density at radius 2 is 1.64 bits per heavy atom. The summed E-state index contributed by atoms with van der Waals surface area (Å²) in [5.41, 5.74) is 1.55. The van der Waals surface area contributed by atoms with Crippen LogP contribution in [0.25, 0.3) is 0 Å². The monoisotopic (exact) mass is 400 g/mol. The van der Waals surface area contributed by atoms with Crippen molar-refractivity contribution in [2.24, 2.45) is 0 Å². The Hall–Kier alpha value is -2.57. The van der Waals surface area contributed by atoms with E-state index in [1.54, 1.807) is 25.3 Å². The molecule has 2 amide bonds. The lowest BCUT2D eigenvalue weighted by Crippen LogP contribution is -3.19. The van der Waals surface area contributed by atoms with Crippen molar-refractivity contribution in [1.29, 1.82) is 0 Å². The van der Waals surface area contributed by atoms with Gasteiger partial charge in [-0.05, 0) is 24.3 Å². The van der Waals surface area contributed by atoms with E-state index in [1.165, 1.54) is 4.90 Å². The van der Waals surface area contributed by atoms with Crippen molar-refractivity contribution in [3.8, 4) is 5.75 Å². The number of nitrogens with zero attached hydrogens (tertiary/aromatic N) is 2. The average molecular weight is 401 g/mol. The van der Waals surface area contributed by atoms with E-state index in [0.29, 0.717) is 11.4 Å². The highest BCUT2D eigenvalue weighted by molar-refractivity contribution is 6.33. The summed E-state index contributed by atoms with van der Waals surface area (Å²) in [7, 11) is 1.54. The van der Waals surface area contributed by atoms with Crippen LogP contribution < -0.4 is 19.4 Å².